The Morgan fingerprint density at radius 3 is 2.62 bits per heavy atom. The molecule has 21 heavy (non-hydrogen) atoms. The van der Waals surface area contributed by atoms with E-state index in [1.807, 2.05) is 0 Å². The molecule has 1 aliphatic carbocycles. The van der Waals surface area contributed by atoms with Gasteiger partial charge in [-0.2, -0.15) is 0 Å². The molecule has 1 N–H and O–H groups in total. The third-order valence-electron chi connectivity index (χ3n) is 4.31. The molecule has 0 saturated heterocycles. The second kappa shape index (κ2) is 6.63. The summed E-state index contributed by atoms with van der Waals surface area (Å²) < 4.78 is 5.31. The Labute approximate surface area is 132 Å². The molecule has 2 rings (SSSR count). The lowest BCUT2D eigenvalue weighted by atomic mass is 9.87. The van der Waals surface area contributed by atoms with Gasteiger partial charge in [-0.15, -0.1) is 11.3 Å². The summed E-state index contributed by atoms with van der Waals surface area (Å²) >= 11 is 1.79. The summed E-state index contributed by atoms with van der Waals surface area (Å²) in [6.45, 7) is 10.6. The lowest BCUT2D eigenvalue weighted by molar-refractivity contribution is 0.181. The number of anilines is 1. The highest BCUT2D eigenvalue weighted by Gasteiger charge is 2.27. The van der Waals surface area contributed by atoms with Crippen LogP contribution in [-0.4, -0.2) is 31.2 Å². The number of ether oxygens (including phenoxy) is 1. The van der Waals surface area contributed by atoms with Crippen LogP contribution >= 0.6 is 11.3 Å². The molecule has 0 radical (unpaired) electrons. The van der Waals surface area contributed by atoms with Crippen LogP contribution in [0.4, 0.5) is 5.13 Å². The van der Waals surface area contributed by atoms with Gasteiger partial charge in [0.15, 0.2) is 5.13 Å². The first-order valence-electron chi connectivity index (χ1n) is 7.76. The summed E-state index contributed by atoms with van der Waals surface area (Å²) in [5, 5.41) is 4.67. The van der Waals surface area contributed by atoms with E-state index in [4.69, 9.17) is 9.72 Å². The Bertz CT molecular complexity index is 463. The quantitative estimate of drug-likeness (QED) is 0.837. The highest BCUT2D eigenvalue weighted by molar-refractivity contribution is 7.15. The molecule has 1 atom stereocenters. The standard InChI is InChI=1S/C16H29N3OS/c1-11(16(2,3)4)19(5)15-18-13(10-20-6)14(21-15)9-17-12-7-8-12/h11-12,17H,7-10H2,1-6H3. The molecule has 1 heterocycles. The highest BCUT2D eigenvalue weighted by Crippen LogP contribution is 2.32. The van der Waals surface area contributed by atoms with E-state index in [0.29, 0.717) is 12.6 Å². The minimum absolute atomic E-state index is 0.230. The van der Waals surface area contributed by atoms with Gasteiger partial charge in [0.1, 0.15) is 0 Å². The Balaban J connectivity index is 2.12. The van der Waals surface area contributed by atoms with E-state index in [1.54, 1.807) is 18.4 Å². The number of nitrogens with one attached hydrogen (secondary N) is 1. The minimum atomic E-state index is 0.230. The normalized spacial score (nSPS) is 17.0. The van der Waals surface area contributed by atoms with Crippen LogP contribution < -0.4 is 10.2 Å². The van der Waals surface area contributed by atoms with Crippen molar-refractivity contribution in [3.63, 3.8) is 0 Å². The molecule has 1 aliphatic rings. The maximum atomic E-state index is 5.31. The predicted octanol–water partition coefficient (Wildman–Crippen LogP) is 3.41. The van der Waals surface area contributed by atoms with Gasteiger partial charge >= 0.3 is 0 Å². The van der Waals surface area contributed by atoms with Gasteiger partial charge in [-0.25, -0.2) is 4.98 Å². The largest absolute Gasteiger partial charge is 0.378 e. The molecular formula is C16H29N3OS. The van der Waals surface area contributed by atoms with Crippen molar-refractivity contribution < 1.29 is 4.74 Å². The first-order valence-corrected chi connectivity index (χ1v) is 8.58. The fraction of sp³-hybridized carbons (Fsp3) is 0.812. The molecule has 5 heteroatoms. The van der Waals surface area contributed by atoms with Gasteiger partial charge in [-0.3, -0.25) is 0 Å². The first kappa shape index (κ1) is 16.7. The van der Waals surface area contributed by atoms with E-state index >= 15 is 0 Å². The molecule has 0 aromatic carbocycles. The third kappa shape index (κ3) is 4.41. The van der Waals surface area contributed by atoms with Crippen molar-refractivity contribution in [2.75, 3.05) is 19.1 Å². The zero-order valence-electron chi connectivity index (χ0n) is 14.2. The van der Waals surface area contributed by atoms with Gasteiger partial charge in [0.2, 0.25) is 0 Å². The van der Waals surface area contributed by atoms with Gasteiger partial charge in [0.25, 0.3) is 0 Å². The van der Waals surface area contributed by atoms with Gasteiger partial charge in [0, 0.05) is 37.7 Å². The van der Waals surface area contributed by atoms with Crippen LogP contribution in [0.5, 0.6) is 0 Å². The number of aromatic nitrogens is 1. The second-order valence-corrected chi connectivity index (χ2v) is 8.17. The maximum absolute atomic E-state index is 5.31. The Morgan fingerprint density at radius 1 is 1.43 bits per heavy atom. The van der Waals surface area contributed by atoms with Crippen LogP contribution in [0.1, 0.15) is 51.1 Å². The van der Waals surface area contributed by atoms with Crippen LogP contribution in [0, 0.1) is 5.41 Å². The number of rotatable bonds is 7. The average molecular weight is 311 g/mol. The van der Waals surface area contributed by atoms with Crippen LogP contribution in [0.25, 0.3) is 0 Å². The van der Waals surface area contributed by atoms with E-state index < -0.39 is 0 Å². The predicted molar refractivity (Wildman–Crippen MR) is 90.0 cm³/mol. The number of thiazole rings is 1. The fourth-order valence-corrected chi connectivity index (χ4v) is 3.24. The monoisotopic (exact) mass is 311 g/mol. The van der Waals surface area contributed by atoms with Crippen molar-refractivity contribution in [2.45, 2.75) is 65.8 Å². The first-order chi connectivity index (χ1) is 9.82. The van der Waals surface area contributed by atoms with E-state index in [0.717, 1.165) is 23.4 Å². The average Bonchev–Trinajstić information content (AvgIpc) is 3.15. The molecule has 1 unspecified atom stereocenters. The van der Waals surface area contributed by atoms with Crippen molar-refractivity contribution in [1.82, 2.24) is 10.3 Å². The highest BCUT2D eigenvalue weighted by atomic mass is 32.1. The van der Waals surface area contributed by atoms with Crippen LogP contribution in [0.15, 0.2) is 0 Å². The zero-order valence-corrected chi connectivity index (χ0v) is 15.0. The molecule has 1 saturated carbocycles. The summed E-state index contributed by atoms with van der Waals surface area (Å²) in [4.78, 5) is 8.42. The SMILES string of the molecule is COCc1nc(N(C)C(C)C(C)(C)C)sc1CNC1CC1. The molecule has 0 bridgehead atoms. The minimum Gasteiger partial charge on any atom is -0.378 e. The Morgan fingerprint density at radius 2 is 2.10 bits per heavy atom. The van der Waals surface area contributed by atoms with Crippen LogP contribution in [-0.2, 0) is 17.9 Å². The van der Waals surface area contributed by atoms with Gasteiger partial charge in [-0.05, 0) is 25.2 Å². The third-order valence-corrected chi connectivity index (χ3v) is 5.50. The molecule has 0 aliphatic heterocycles. The molecule has 1 aromatic heterocycles. The molecule has 120 valence electrons. The molecule has 0 amide bonds. The van der Waals surface area contributed by atoms with Crippen molar-refractivity contribution in [1.29, 1.82) is 0 Å². The number of nitrogens with zero attached hydrogens (tertiary/aromatic N) is 2. The van der Waals surface area contributed by atoms with Crippen molar-refractivity contribution >= 4 is 16.5 Å². The van der Waals surface area contributed by atoms with Crippen molar-refractivity contribution in [3.05, 3.63) is 10.6 Å². The zero-order chi connectivity index (χ0) is 15.6. The second-order valence-electron chi connectivity index (χ2n) is 7.11. The topological polar surface area (TPSA) is 37.4 Å². The van der Waals surface area contributed by atoms with Crippen molar-refractivity contribution in [2.24, 2.45) is 5.41 Å². The molecular weight excluding hydrogens is 282 g/mol. The smallest absolute Gasteiger partial charge is 0.185 e. The lowest BCUT2D eigenvalue weighted by Gasteiger charge is -2.35. The molecule has 1 aromatic rings. The summed E-state index contributed by atoms with van der Waals surface area (Å²) in [5.74, 6) is 0. The summed E-state index contributed by atoms with van der Waals surface area (Å²) in [6, 6.07) is 1.15. The lowest BCUT2D eigenvalue weighted by Crippen LogP contribution is -2.39. The summed E-state index contributed by atoms with van der Waals surface area (Å²) in [6.07, 6.45) is 2.62. The Kier molecular flexibility index (Phi) is 5.28. The maximum Gasteiger partial charge on any atom is 0.185 e. The van der Waals surface area contributed by atoms with Gasteiger partial charge in [0.05, 0.1) is 12.3 Å². The van der Waals surface area contributed by atoms with Crippen LogP contribution in [0.3, 0.4) is 0 Å². The Hall–Kier alpha value is -0.650. The number of methoxy groups -OCH3 is 1. The van der Waals surface area contributed by atoms with Crippen LogP contribution in [0.2, 0.25) is 0 Å². The van der Waals surface area contributed by atoms with E-state index in [1.165, 1.54) is 17.7 Å². The molecule has 4 nitrogen and oxygen atoms in total. The van der Waals surface area contributed by atoms with Crippen molar-refractivity contribution in [3.8, 4) is 0 Å². The summed E-state index contributed by atoms with van der Waals surface area (Å²) in [5.41, 5.74) is 1.31. The van der Waals surface area contributed by atoms with Gasteiger partial charge in [-0.1, -0.05) is 20.8 Å². The fourth-order valence-electron chi connectivity index (χ4n) is 2.18. The number of hydrogen-bond acceptors (Lipinski definition) is 5. The molecule has 1 fully saturated rings. The number of hydrogen-bond donors (Lipinski definition) is 1. The van der Waals surface area contributed by atoms with E-state index in [9.17, 15) is 0 Å². The van der Waals surface area contributed by atoms with Gasteiger partial charge < -0.3 is 15.0 Å². The molecule has 0 spiro atoms. The van der Waals surface area contributed by atoms with E-state index in [2.05, 4.69) is 45.0 Å². The summed E-state index contributed by atoms with van der Waals surface area (Å²) in [7, 11) is 3.88. The van der Waals surface area contributed by atoms with E-state index in [-0.39, 0.29) is 5.41 Å².